The summed E-state index contributed by atoms with van der Waals surface area (Å²) in [5.74, 6) is 0.0791. The smallest absolute Gasteiger partial charge is 0.127 e. The van der Waals surface area contributed by atoms with Crippen molar-refractivity contribution < 1.29 is 19.0 Å². The zero-order chi connectivity index (χ0) is 15.1. The molecule has 0 amide bonds. The van der Waals surface area contributed by atoms with Crippen LogP contribution in [0, 0.1) is 5.82 Å². The van der Waals surface area contributed by atoms with Crippen LogP contribution in [0.4, 0.5) is 4.39 Å². The lowest BCUT2D eigenvalue weighted by atomic mass is 10.1. The second-order valence-corrected chi connectivity index (χ2v) is 5.04. The third-order valence-corrected chi connectivity index (χ3v) is 2.93. The first kappa shape index (κ1) is 16.9. The number of aliphatic hydroxyl groups is 1. The van der Waals surface area contributed by atoms with Gasteiger partial charge in [0.25, 0.3) is 0 Å². The fourth-order valence-electron chi connectivity index (χ4n) is 1.68. The van der Waals surface area contributed by atoms with Crippen LogP contribution >= 0.6 is 0 Å². The number of hydrogen-bond acceptors (Lipinski definition) is 4. The molecule has 114 valence electrons. The van der Waals surface area contributed by atoms with E-state index in [0.29, 0.717) is 5.75 Å². The van der Waals surface area contributed by atoms with E-state index in [0.717, 1.165) is 5.56 Å². The molecular formula is C15H24FNO3. The van der Waals surface area contributed by atoms with E-state index in [4.69, 9.17) is 9.47 Å². The highest BCUT2D eigenvalue weighted by Gasteiger charge is 2.13. The fourth-order valence-corrected chi connectivity index (χ4v) is 1.68. The maximum Gasteiger partial charge on any atom is 0.127 e. The summed E-state index contributed by atoms with van der Waals surface area (Å²) in [5.41, 5.74) is 0.853. The molecule has 4 nitrogen and oxygen atoms in total. The first-order valence-electron chi connectivity index (χ1n) is 6.83. The molecule has 0 aliphatic carbocycles. The number of benzene rings is 1. The number of ether oxygens (including phenoxy) is 2. The van der Waals surface area contributed by atoms with Gasteiger partial charge in [-0.25, -0.2) is 4.39 Å². The maximum atomic E-state index is 13.3. The normalized spacial score (nSPS) is 14.3. The van der Waals surface area contributed by atoms with Crippen molar-refractivity contribution in [3.63, 3.8) is 0 Å². The summed E-state index contributed by atoms with van der Waals surface area (Å²) in [6, 6.07) is 4.45. The summed E-state index contributed by atoms with van der Waals surface area (Å²) in [5, 5.41) is 12.8. The van der Waals surface area contributed by atoms with Crippen molar-refractivity contribution in [3.8, 4) is 5.75 Å². The van der Waals surface area contributed by atoms with Gasteiger partial charge in [0.2, 0.25) is 0 Å². The van der Waals surface area contributed by atoms with Gasteiger partial charge in [0.1, 0.15) is 24.3 Å². The van der Waals surface area contributed by atoms with Crippen LogP contribution in [-0.2, 0) is 4.74 Å². The monoisotopic (exact) mass is 285 g/mol. The minimum atomic E-state index is -0.738. The van der Waals surface area contributed by atoms with E-state index in [1.54, 1.807) is 6.07 Å². The Bertz CT molecular complexity index is 412. The van der Waals surface area contributed by atoms with Gasteiger partial charge in [-0.15, -0.1) is 0 Å². The molecule has 1 aromatic carbocycles. The van der Waals surface area contributed by atoms with Crippen molar-refractivity contribution in [2.24, 2.45) is 0 Å². The van der Waals surface area contributed by atoms with Gasteiger partial charge in [-0.05, 0) is 33.9 Å². The van der Waals surface area contributed by atoms with Gasteiger partial charge in [0.05, 0.1) is 12.7 Å². The molecule has 0 bridgehead atoms. The van der Waals surface area contributed by atoms with E-state index in [-0.39, 0.29) is 31.2 Å². The Hall–Kier alpha value is -1.17. The van der Waals surface area contributed by atoms with E-state index in [1.807, 2.05) is 27.8 Å². The SMILES string of the molecule is CNC(C)c1ccc(F)cc1OCC(O)COC(C)C. The predicted octanol–water partition coefficient (Wildman–Crippen LogP) is 2.27. The van der Waals surface area contributed by atoms with Crippen molar-refractivity contribution in [1.29, 1.82) is 0 Å². The van der Waals surface area contributed by atoms with Gasteiger partial charge in [-0.3, -0.25) is 0 Å². The lowest BCUT2D eigenvalue weighted by Crippen LogP contribution is -2.25. The minimum Gasteiger partial charge on any atom is -0.490 e. The second-order valence-electron chi connectivity index (χ2n) is 5.04. The molecule has 0 aliphatic rings. The van der Waals surface area contributed by atoms with Gasteiger partial charge in [-0.2, -0.15) is 0 Å². The predicted molar refractivity (Wildman–Crippen MR) is 76.5 cm³/mol. The lowest BCUT2D eigenvalue weighted by Gasteiger charge is -2.19. The average molecular weight is 285 g/mol. The molecule has 2 atom stereocenters. The molecule has 0 saturated carbocycles. The van der Waals surface area contributed by atoms with Crippen molar-refractivity contribution in [1.82, 2.24) is 5.32 Å². The summed E-state index contributed by atoms with van der Waals surface area (Å²) in [6.45, 7) is 6.02. The topological polar surface area (TPSA) is 50.7 Å². The number of rotatable bonds is 8. The van der Waals surface area contributed by atoms with Gasteiger partial charge in [-0.1, -0.05) is 6.07 Å². The van der Waals surface area contributed by atoms with Gasteiger partial charge < -0.3 is 19.9 Å². The lowest BCUT2D eigenvalue weighted by molar-refractivity contribution is -0.0124. The highest BCUT2D eigenvalue weighted by atomic mass is 19.1. The molecule has 2 unspecified atom stereocenters. The van der Waals surface area contributed by atoms with Crippen molar-refractivity contribution in [3.05, 3.63) is 29.6 Å². The standard InChI is InChI=1S/C15H24FNO3/c1-10(2)19-8-13(18)9-20-15-7-12(16)5-6-14(15)11(3)17-4/h5-7,10-11,13,17-18H,8-9H2,1-4H3. The molecule has 1 rings (SSSR count). The van der Waals surface area contributed by atoms with E-state index < -0.39 is 6.10 Å². The van der Waals surface area contributed by atoms with E-state index in [2.05, 4.69) is 5.32 Å². The number of nitrogens with one attached hydrogen (secondary N) is 1. The summed E-state index contributed by atoms with van der Waals surface area (Å²) >= 11 is 0. The average Bonchev–Trinajstić information content (AvgIpc) is 2.42. The van der Waals surface area contributed by atoms with Gasteiger partial charge in [0, 0.05) is 17.7 Å². The fraction of sp³-hybridized carbons (Fsp3) is 0.600. The molecule has 0 heterocycles. The quantitative estimate of drug-likeness (QED) is 0.769. The highest BCUT2D eigenvalue weighted by molar-refractivity contribution is 5.36. The van der Waals surface area contributed by atoms with Crippen molar-refractivity contribution in [2.45, 2.75) is 39.0 Å². The van der Waals surface area contributed by atoms with Crippen LogP contribution in [0.15, 0.2) is 18.2 Å². The Labute approximate surface area is 119 Å². The van der Waals surface area contributed by atoms with Crippen LogP contribution < -0.4 is 10.1 Å². The zero-order valence-electron chi connectivity index (χ0n) is 12.5. The van der Waals surface area contributed by atoms with Gasteiger partial charge in [0.15, 0.2) is 0 Å². The van der Waals surface area contributed by atoms with Crippen LogP contribution in [0.3, 0.4) is 0 Å². The summed E-state index contributed by atoms with van der Waals surface area (Å²) in [4.78, 5) is 0. The Morgan fingerprint density at radius 3 is 2.55 bits per heavy atom. The molecule has 0 fully saturated rings. The number of halogens is 1. The van der Waals surface area contributed by atoms with E-state index >= 15 is 0 Å². The van der Waals surface area contributed by atoms with Crippen LogP contribution in [0.25, 0.3) is 0 Å². The zero-order valence-corrected chi connectivity index (χ0v) is 12.5. The Kier molecular flexibility index (Phi) is 6.91. The third-order valence-electron chi connectivity index (χ3n) is 2.93. The van der Waals surface area contributed by atoms with Gasteiger partial charge >= 0.3 is 0 Å². The minimum absolute atomic E-state index is 0.0367. The molecule has 5 heteroatoms. The molecule has 0 aliphatic heterocycles. The van der Waals surface area contributed by atoms with Crippen LogP contribution in [0.2, 0.25) is 0 Å². The molecule has 0 saturated heterocycles. The first-order chi connectivity index (χ1) is 9.43. The highest BCUT2D eigenvalue weighted by Crippen LogP contribution is 2.26. The molecule has 0 aromatic heterocycles. The van der Waals surface area contributed by atoms with Crippen LogP contribution in [0.5, 0.6) is 5.75 Å². The molecule has 0 spiro atoms. The molecule has 20 heavy (non-hydrogen) atoms. The summed E-state index contributed by atoms with van der Waals surface area (Å²) < 4.78 is 24.1. The van der Waals surface area contributed by atoms with E-state index in [1.165, 1.54) is 12.1 Å². The second kappa shape index (κ2) is 8.19. The molecule has 1 aromatic rings. The Balaban J connectivity index is 2.64. The Morgan fingerprint density at radius 2 is 1.95 bits per heavy atom. The largest absolute Gasteiger partial charge is 0.490 e. The van der Waals surface area contributed by atoms with E-state index in [9.17, 15) is 9.50 Å². The number of hydrogen-bond donors (Lipinski definition) is 2. The third kappa shape index (κ3) is 5.45. The van der Waals surface area contributed by atoms with Crippen molar-refractivity contribution in [2.75, 3.05) is 20.3 Å². The summed E-state index contributed by atoms with van der Waals surface area (Å²) in [6.07, 6.45) is -0.683. The first-order valence-corrected chi connectivity index (χ1v) is 6.83. The Morgan fingerprint density at radius 1 is 1.25 bits per heavy atom. The maximum absolute atomic E-state index is 13.3. The molecular weight excluding hydrogens is 261 g/mol. The molecule has 0 radical (unpaired) electrons. The number of aliphatic hydroxyl groups excluding tert-OH is 1. The van der Waals surface area contributed by atoms with Crippen LogP contribution in [0.1, 0.15) is 32.4 Å². The van der Waals surface area contributed by atoms with Crippen LogP contribution in [-0.4, -0.2) is 37.6 Å². The van der Waals surface area contributed by atoms with Crippen molar-refractivity contribution >= 4 is 0 Å². The molecule has 2 N–H and O–H groups in total. The summed E-state index contributed by atoms with van der Waals surface area (Å²) in [7, 11) is 1.82.